The topological polar surface area (TPSA) is 104 Å². The van der Waals surface area contributed by atoms with Crippen molar-refractivity contribution < 1.29 is 9.47 Å². The molecule has 1 aliphatic carbocycles. The highest BCUT2D eigenvalue weighted by atomic mass is 79.9. The summed E-state index contributed by atoms with van der Waals surface area (Å²) in [7, 11) is 2.78. The lowest BCUT2D eigenvalue weighted by Gasteiger charge is -2.29. The maximum Gasteiger partial charge on any atom is 0.292 e. The zero-order valence-electron chi connectivity index (χ0n) is 12.0. The molecule has 0 saturated heterocycles. The Hall–Kier alpha value is -1.93. The molecule has 2 N–H and O–H groups in total. The van der Waals surface area contributed by atoms with Crippen molar-refractivity contribution >= 4 is 21.8 Å². The lowest BCUT2D eigenvalue weighted by atomic mass is 9.93. The van der Waals surface area contributed by atoms with Crippen LogP contribution in [0.4, 0.5) is 0 Å². The van der Waals surface area contributed by atoms with Crippen molar-refractivity contribution in [3.8, 4) is 12.1 Å². The van der Waals surface area contributed by atoms with Gasteiger partial charge in [-0.3, -0.25) is 0 Å². The van der Waals surface area contributed by atoms with Crippen LogP contribution in [0.2, 0.25) is 0 Å². The molecule has 1 aromatic carbocycles. The molecule has 0 radical (unpaired) electrons. The molecule has 7 heteroatoms. The highest BCUT2D eigenvalue weighted by molar-refractivity contribution is 9.10. The highest BCUT2D eigenvalue weighted by Gasteiger charge is 2.93. The first-order valence-corrected chi connectivity index (χ1v) is 7.33. The van der Waals surface area contributed by atoms with E-state index in [9.17, 15) is 10.5 Å². The van der Waals surface area contributed by atoms with Crippen LogP contribution in [0.3, 0.4) is 0 Å². The molecule has 0 bridgehead atoms. The molecule has 3 rings (SSSR count). The molecule has 1 heterocycles. The van der Waals surface area contributed by atoms with Gasteiger partial charge in [-0.2, -0.15) is 10.5 Å². The summed E-state index contributed by atoms with van der Waals surface area (Å²) < 4.78 is 11.7. The number of halogens is 1. The zero-order chi connectivity index (χ0) is 16.2. The Bertz CT molecular complexity index is 762. The van der Waals surface area contributed by atoms with Crippen molar-refractivity contribution in [1.82, 2.24) is 0 Å². The second-order valence-corrected chi connectivity index (χ2v) is 6.23. The predicted octanol–water partition coefficient (Wildman–Crippen LogP) is 1.88. The number of hydrogen-bond acceptors (Lipinski definition) is 6. The summed E-state index contributed by atoms with van der Waals surface area (Å²) in [6, 6.07) is 11.8. The van der Waals surface area contributed by atoms with Gasteiger partial charge in [-0.05, 0) is 17.7 Å². The van der Waals surface area contributed by atoms with E-state index >= 15 is 0 Å². The molecule has 6 nitrogen and oxygen atoms in total. The summed E-state index contributed by atoms with van der Waals surface area (Å²) in [6.45, 7) is 0. The standard InChI is InChI=1S/C15H13BrN4O2/c1-21-15(22-2)14(8-18)11(9-4-3-5-10(16)6-9)13(14,7-17)12(19)20-15/h3-6,11H,1-2H3,(H2,19,20)/t11-,13-,14+/m0/s1. The molecule has 1 aromatic rings. The van der Waals surface area contributed by atoms with Gasteiger partial charge < -0.3 is 15.2 Å². The summed E-state index contributed by atoms with van der Waals surface area (Å²) in [5.41, 5.74) is 4.29. The molecule has 0 aromatic heterocycles. The molecule has 112 valence electrons. The third-order valence-corrected chi connectivity index (χ3v) is 5.16. The van der Waals surface area contributed by atoms with Crippen molar-refractivity contribution in [3.05, 3.63) is 34.3 Å². The molecule has 0 spiro atoms. The smallest absolute Gasteiger partial charge is 0.292 e. The van der Waals surface area contributed by atoms with Gasteiger partial charge in [-0.1, -0.05) is 28.1 Å². The quantitative estimate of drug-likeness (QED) is 0.828. The fourth-order valence-corrected chi connectivity index (χ4v) is 4.12. The Morgan fingerprint density at radius 1 is 1.27 bits per heavy atom. The summed E-state index contributed by atoms with van der Waals surface area (Å²) in [6.07, 6.45) is 0. The van der Waals surface area contributed by atoms with Crippen LogP contribution < -0.4 is 5.73 Å². The number of nitriles is 2. The summed E-state index contributed by atoms with van der Waals surface area (Å²) >= 11 is 3.41. The monoisotopic (exact) mass is 360 g/mol. The fraction of sp³-hybridized carbons (Fsp3) is 0.400. The zero-order valence-corrected chi connectivity index (χ0v) is 13.6. The summed E-state index contributed by atoms with van der Waals surface area (Å²) in [5, 5.41) is 19.7. The number of ether oxygens (including phenoxy) is 2. The third kappa shape index (κ3) is 1.32. The van der Waals surface area contributed by atoms with Crippen LogP contribution in [0.25, 0.3) is 0 Å². The number of benzene rings is 1. The molecular formula is C15H13BrN4O2. The first-order valence-electron chi connectivity index (χ1n) is 6.53. The maximum absolute atomic E-state index is 9.88. The molecule has 1 fully saturated rings. The fourth-order valence-electron chi connectivity index (χ4n) is 3.71. The average Bonchev–Trinajstić information content (AvgIpc) is 3.11. The Balaban J connectivity index is 2.26. The number of aliphatic imine (C=N–C) groups is 1. The van der Waals surface area contributed by atoms with Crippen molar-refractivity contribution in [1.29, 1.82) is 10.5 Å². The van der Waals surface area contributed by atoms with Crippen molar-refractivity contribution in [2.75, 3.05) is 14.2 Å². The van der Waals surface area contributed by atoms with Crippen LogP contribution in [0, 0.1) is 33.5 Å². The lowest BCUT2D eigenvalue weighted by molar-refractivity contribution is -0.230. The number of methoxy groups -OCH3 is 2. The minimum atomic E-state index is -1.57. The van der Waals surface area contributed by atoms with Gasteiger partial charge >= 0.3 is 0 Å². The minimum Gasteiger partial charge on any atom is -0.386 e. The number of fused-ring (bicyclic) bond motifs is 1. The van der Waals surface area contributed by atoms with Crippen LogP contribution in [-0.4, -0.2) is 26.0 Å². The van der Waals surface area contributed by atoms with Crippen LogP contribution in [-0.2, 0) is 9.47 Å². The van der Waals surface area contributed by atoms with Gasteiger partial charge in [0.25, 0.3) is 5.91 Å². The average molecular weight is 361 g/mol. The molecule has 1 aliphatic heterocycles. The first kappa shape index (κ1) is 15.0. The Kier molecular flexibility index (Phi) is 3.09. The van der Waals surface area contributed by atoms with E-state index in [0.717, 1.165) is 10.0 Å². The molecule has 0 unspecified atom stereocenters. The van der Waals surface area contributed by atoms with Gasteiger partial charge in [0, 0.05) is 24.6 Å². The molecule has 1 saturated carbocycles. The maximum atomic E-state index is 9.88. The molecule has 0 amide bonds. The normalized spacial score (nSPS) is 34.2. The van der Waals surface area contributed by atoms with E-state index in [4.69, 9.17) is 15.2 Å². The van der Waals surface area contributed by atoms with E-state index in [1.807, 2.05) is 24.3 Å². The van der Waals surface area contributed by atoms with Gasteiger partial charge in [0.15, 0.2) is 5.41 Å². The van der Waals surface area contributed by atoms with Gasteiger partial charge in [0.1, 0.15) is 11.3 Å². The van der Waals surface area contributed by atoms with Crippen LogP contribution in [0.5, 0.6) is 0 Å². The Morgan fingerprint density at radius 3 is 2.45 bits per heavy atom. The number of rotatable bonds is 3. The van der Waals surface area contributed by atoms with E-state index in [-0.39, 0.29) is 5.84 Å². The van der Waals surface area contributed by atoms with E-state index in [2.05, 4.69) is 33.1 Å². The van der Waals surface area contributed by atoms with Crippen molar-refractivity contribution in [3.63, 3.8) is 0 Å². The van der Waals surface area contributed by atoms with Gasteiger partial charge in [-0.25, -0.2) is 4.99 Å². The van der Waals surface area contributed by atoms with Crippen molar-refractivity contribution in [2.24, 2.45) is 21.6 Å². The summed E-state index contributed by atoms with van der Waals surface area (Å²) in [5.74, 6) is -1.97. The van der Waals surface area contributed by atoms with Crippen LogP contribution in [0.1, 0.15) is 11.5 Å². The molecular weight excluding hydrogens is 348 g/mol. The predicted molar refractivity (Wildman–Crippen MR) is 81.3 cm³/mol. The van der Waals surface area contributed by atoms with E-state index in [1.54, 1.807) is 0 Å². The van der Waals surface area contributed by atoms with Gasteiger partial charge in [-0.15, -0.1) is 0 Å². The Morgan fingerprint density at radius 2 is 1.95 bits per heavy atom. The minimum absolute atomic E-state index is 0.0743. The van der Waals surface area contributed by atoms with Crippen molar-refractivity contribution in [2.45, 2.75) is 11.8 Å². The SMILES string of the molecule is COC1(OC)N=C(N)[C@]2(C#N)[C@H](c3cccc(Br)c3)[C@@]12C#N. The van der Waals surface area contributed by atoms with Crippen LogP contribution >= 0.6 is 15.9 Å². The first-order chi connectivity index (χ1) is 10.5. The second-order valence-electron chi connectivity index (χ2n) is 5.31. The highest BCUT2D eigenvalue weighted by Crippen LogP contribution is 2.81. The lowest BCUT2D eigenvalue weighted by Crippen LogP contribution is -2.41. The van der Waals surface area contributed by atoms with E-state index < -0.39 is 22.7 Å². The van der Waals surface area contributed by atoms with E-state index in [0.29, 0.717) is 0 Å². The second kappa shape index (κ2) is 4.53. The van der Waals surface area contributed by atoms with Gasteiger partial charge in [0.05, 0.1) is 12.1 Å². The third-order valence-electron chi connectivity index (χ3n) is 4.66. The molecule has 3 atom stereocenters. The summed E-state index contributed by atoms with van der Waals surface area (Å²) in [4.78, 5) is 4.17. The number of amidine groups is 1. The Labute approximate surface area is 136 Å². The number of nitrogens with two attached hydrogens (primary N) is 1. The van der Waals surface area contributed by atoms with E-state index in [1.165, 1.54) is 14.2 Å². The van der Waals surface area contributed by atoms with Gasteiger partial charge in [0.2, 0.25) is 0 Å². The molecule has 22 heavy (non-hydrogen) atoms. The number of hydrogen-bond donors (Lipinski definition) is 1. The number of nitrogens with zero attached hydrogens (tertiary/aromatic N) is 3. The largest absolute Gasteiger partial charge is 0.386 e. The molecule has 2 aliphatic rings. The van der Waals surface area contributed by atoms with Crippen LogP contribution in [0.15, 0.2) is 33.7 Å².